The fourth-order valence-corrected chi connectivity index (χ4v) is 1.61. The van der Waals surface area contributed by atoms with Gasteiger partial charge in [-0.15, -0.1) is 0 Å². The molecule has 0 fully saturated rings. The van der Waals surface area contributed by atoms with Gasteiger partial charge < -0.3 is 11.1 Å². The average Bonchev–Trinajstić information content (AvgIpc) is 2.32. The monoisotopic (exact) mass is 292 g/mol. The van der Waals surface area contributed by atoms with E-state index >= 15 is 0 Å². The minimum Gasteiger partial charge on any atom is -0.384 e. The van der Waals surface area contributed by atoms with E-state index in [2.05, 4.69) is 31.2 Å². The Morgan fingerprint density at radius 2 is 2.18 bits per heavy atom. The number of rotatable bonds is 2. The number of carbonyl (C=O) groups is 1. The van der Waals surface area contributed by atoms with Gasteiger partial charge in [0.05, 0.1) is 10.2 Å². The van der Waals surface area contributed by atoms with Crippen LogP contribution in [0.15, 0.2) is 41.3 Å². The Hall–Kier alpha value is -1.95. The summed E-state index contributed by atoms with van der Waals surface area (Å²) in [6, 6.07) is 4.82. The van der Waals surface area contributed by atoms with Crippen molar-refractivity contribution >= 4 is 33.3 Å². The van der Waals surface area contributed by atoms with Crippen LogP contribution in [0, 0.1) is 0 Å². The van der Waals surface area contributed by atoms with Gasteiger partial charge in [-0.1, -0.05) is 0 Å². The highest BCUT2D eigenvalue weighted by Crippen LogP contribution is 2.20. The molecule has 0 bridgehead atoms. The van der Waals surface area contributed by atoms with E-state index in [4.69, 9.17) is 5.73 Å². The van der Waals surface area contributed by atoms with Gasteiger partial charge in [0.25, 0.3) is 5.91 Å². The molecule has 6 heteroatoms. The molecule has 0 aliphatic carbocycles. The molecule has 2 aromatic heterocycles. The fraction of sp³-hybridized carbons (Fsp3) is 0. The summed E-state index contributed by atoms with van der Waals surface area (Å²) in [6.07, 6.45) is 4.70. The first kappa shape index (κ1) is 11.5. The smallest absolute Gasteiger partial charge is 0.255 e. The summed E-state index contributed by atoms with van der Waals surface area (Å²) in [5.41, 5.74) is 6.62. The number of nitrogens with one attached hydrogen (secondary N) is 1. The Bertz CT molecular complexity index is 559. The maximum atomic E-state index is 11.9. The molecule has 2 heterocycles. The lowest BCUT2D eigenvalue weighted by Crippen LogP contribution is -2.12. The standard InChI is InChI=1S/C11H9BrN4O/c12-8-6-14-3-2-9(8)16-11(17)7-1-4-15-10(13)5-7/h1-6H,(H2,13,15)(H,14,16,17). The Labute approximate surface area is 106 Å². The van der Waals surface area contributed by atoms with Crippen LogP contribution in [0.3, 0.4) is 0 Å². The number of nitrogen functional groups attached to an aromatic ring is 1. The zero-order valence-corrected chi connectivity index (χ0v) is 10.3. The molecule has 1 amide bonds. The number of pyridine rings is 2. The van der Waals surface area contributed by atoms with Crippen molar-refractivity contribution < 1.29 is 4.79 Å². The summed E-state index contributed by atoms with van der Waals surface area (Å²) in [5, 5.41) is 2.74. The van der Waals surface area contributed by atoms with E-state index in [0.29, 0.717) is 17.1 Å². The molecule has 0 saturated heterocycles. The van der Waals surface area contributed by atoms with Crippen molar-refractivity contribution in [1.29, 1.82) is 0 Å². The van der Waals surface area contributed by atoms with Crippen LogP contribution in [-0.2, 0) is 0 Å². The van der Waals surface area contributed by atoms with Crippen LogP contribution in [0.5, 0.6) is 0 Å². The second kappa shape index (κ2) is 4.92. The van der Waals surface area contributed by atoms with Crippen LogP contribution in [0.1, 0.15) is 10.4 Å². The lowest BCUT2D eigenvalue weighted by atomic mass is 10.2. The van der Waals surface area contributed by atoms with Gasteiger partial charge in [0.15, 0.2) is 0 Å². The molecule has 0 aliphatic rings. The minimum absolute atomic E-state index is 0.244. The van der Waals surface area contributed by atoms with Gasteiger partial charge in [-0.05, 0) is 34.1 Å². The van der Waals surface area contributed by atoms with Crippen LogP contribution in [0.25, 0.3) is 0 Å². The second-order valence-electron chi connectivity index (χ2n) is 3.28. The summed E-state index contributed by atoms with van der Waals surface area (Å²) >= 11 is 3.30. The Balaban J connectivity index is 2.20. The first-order valence-electron chi connectivity index (χ1n) is 4.79. The molecular weight excluding hydrogens is 284 g/mol. The Morgan fingerprint density at radius 3 is 2.88 bits per heavy atom. The van der Waals surface area contributed by atoms with E-state index in [1.165, 1.54) is 12.3 Å². The van der Waals surface area contributed by atoms with Gasteiger partial charge in [-0.25, -0.2) is 4.98 Å². The molecule has 0 atom stereocenters. The number of halogens is 1. The van der Waals surface area contributed by atoms with Crippen LogP contribution in [0.2, 0.25) is 0 Å². The fourth-order valence-electron chi connectivity index (χ4n) is 1.26. The molecule has 0 radical (unpaired) electrons. The Kier molecular flexibility index (Phi) is 3.34. The Morgan fingerprint density at radius 1 is 1.35 bits per heavy atom. The van der Waals surface area contributed by atoms with Crippen molar-refractivity contribution in [2.75, 3.05) is 11.1 Å². The molecule has 2 rings (SSSR count). The van der Waals surface area contributed by atoms with E-state index < -0.39 is 0 Å². The topological polar surface area (TPSA) is 80.9 Å². The molecule has 5 nitrogen and oxygen atoms in total. The highest BCUT2D eigenvalue weighted by molar-refractivity contribution is 9.10. The summed E-state index contributed by atoms with van der Waals surface area (Å²) in [7, 11) is 0. The van der Waals surface area contributed by atoms with Crippen molar-refractivity contribution in [2.45, 2.75) is 0 Å². The van der Waals surface area contributed by atoms with Crippen molar-refractivity contribution in [2.24, 2.45) is 0 Å². The largest absolute Gasteiger partial charge is 0.384 e. The quantitative estimate of drug-likeness (QED) is 0.888. The molecule has 0 saturated carbocycles. The summed E-state index contributed by atoms with van der Waals surface area (Å²) in [6.45, 7) is 0. The number of amides is 1. The van der Waals surface area contributed by atoms with E-state index in [-0.39, 0.29) is 5.91 Å². The molecule has 0 aromatic carbocycles. The van der Waals surface area contributed by atoms with Gasteiger partial charge >= 0.3 is 0 Å². The van der Waals surface area contributed by atoms with Gasteiger partial charge in [-0.3, -0.25) is 9.78 Å². The van der Waals surface area contributed by atoms with Crippen molar-refractivity contribution in [3.05, 3.63) is 46.8 Å². The first-order valence-corrected chi connectivity index (χ1v) is 5.58. The number of aromatic nitrogens is 2. The maximum Gasteiger partial charge on any atom is 0.255 e. The molecule has 3 N–H and O–H groups in total. The van der Waals surface area contributed by atoms with Crippen LogP contribution in [-0.4, -0.2) is 15.9 Å². The highest BCUT2D eigenvalue weighted by Gasteiger charge is 2.08. The summed E-state index contributed by atoms with van der Waals surface area (Å²) in [5.74, 6) is 0.0671. The van der Waals surface area contributed by atoms with E-state index in [0.717, 1.165) is 4.47 Å². The third kappa shape index (κ3) is 2.79. The molecule has 2 aromatic rings. The minimum atomic E-state index is -0.244. The van der Waals surface area contributed by atoms with Crippen molar-refractivity contribution in [3.8, 4) is 0 Å². The van der Waals surface area contributed by atoms with E-state index in [1.54, 1.807) is 24.5 Å². The van der Waals surface area contributed by atoms with Gasteiger partial charge in [-0.2, -0.15) is 0 Å². The molecule has 86 valence electrons. The van der Waals surface area contributed by atoms with Crippen molar-refractivity contribution in [3.63, 3.8) is 0 Å². The molecule has 17 heavy (non-hydrogen) atoms. The van der Waals surface area contributed by atoms with Gasteiger partial charge in [0.1, 0.15) is 5.82 Å². The van der Waals surface area contributed by atoms with E-state index in [1.807, 2.05) is 0 Å². The average molecular weight is 293 g/mol. The summed E-state index contributed by atoms with van der Waals surface area (Å²) in [4.78, 5) is 19.6. The van der Waals surface area contributed by atoms with E-state index in [9.17, 15) is 4.79 Å². The molecule has 0 spiro atoms. The van der Waals surface area contributed by atoms with Crippen LogP contribution in [0.4, 0.5) is 11.5 Å². The molecular formula is C11H9BrN4O. The first-order chi connectivity index (χ1) is 8.16. The number of hydrogen-bond donors (Lipinski definition) is 2. The molecule has 0 unspecified atom stereocenters. The predicted molar refractivity (Wildman–Crippen MR) is 68.5 cm³/mol. The number of nitrogens with two attached hydrogens (primary N) is 1. The summed E-state index contributed by atoms with van der Waals surface area (Å²) < 4.78 is 0.718. The lowest BCUT2D eigenvalue weighted by molar-refractivity contribution is 0.102. The highest BCUT2D eigenvalue weighted by atomic mass is 79.9. The number of hydrogen-bond acceptors (Lipinski definition) is 4. The maximum absolute atomic E-state index is 11.9. The van der Waals surface area contributed by atoms with Crippen LogP contribution < -0.4 is 11.1 Å². The zero-order valence-electron chi connectivity index (χ0n) is 8.72. The third-order valence-electron chi connectivity index (χ3n) is 2.06. The number of carbonyl (C=O) groups excluding carboxylic acids is 1. The number of anilines is 2. The zero-order chi connectivity index (χ0) is 12.3. The van der Waals surface area contributed by atoms with Crippen LogP contribution >= 0.6 is 15.9 Å². The van der Waals surface area contributed by atoms with Gasteiger partial charge in [0.2, 0.25) is 0 Å². The van der Waals surface area contributed by atoms with Crippen molar-refractivity contribution in [1.82, 2.24) is 9.97 Å². The normalized spacial score (nSPS) is 9.94. The molecule has 0 aliphatic heterocycles. The van der Waals surface area contributed by atoms with Gasteiger partial charge in [0, 0.05) is 24.2 Å². The second-order valence-corrected chi connectivity index (χ2v) is 4.13. The lowest BCUT2D eigenvalue weighted by Gasteiger charge is -2.06. The predicted octanol–water partition coefficient (Wildman–Crippen LogP) is 2.07. The third-order valence-corrected chi connectivity index (χ3v) is 2.70. The SMILES string of the molecule is Nc1cc(C(=O)Nc2ccncc2Br)ccn1. The number of nitrogens with zero attached hydrogens (tertiary/aromatic N) is 2.